The molecule has 0 radical (unpaired) electrons. The summed E-state index contributed by atoms with van der Waals surface area (Å²) in [6.45, 7) is 0. The summed E-state index contributed by atoms with van der Waals surface area (Å²) in [4.78, 5) is 2.48. The molecule has 0 N–H and O–H groups in total. The van der Waals surface area contributed by atoms with Gasteiger partial charge in [-0.2, -0.15) is 0 Å². The summed E-state index contributed by atoms with van der Waals surface area (Å²) in [5.41, 5.74) is 15.9. The molecule has 278 valence electrons. The molecule has 8 aromatic carbocycles. The first-order chi connectivity index (χ1) is 28.7. The normalized spacial score (nSPS) is 22.6. The monoisotopic (exact) mass is 744 g/mol. The van der Waals surface area contributed by atoms with Gasteiger partial charge in [0.25, 0.3) is 0 Å². The van der Waals surface area contributed by atoms with E-state index in [0.29, 0.717) is 0 Å². The van der Waals surface area contributed by atoms with Crippen molar-refractivity contribution in [2.24, 2.45) is 23.7 Å². The predicted molar refractivity (Wildman–Crippen MR) is 242 cm³/mol. The summed E-state index contributed by atoms with van der Waals surface area (Å²) in [6.07, 6.45) is 7.07. The van der Waals surface area contributed by atoms with E-state index in [1.54, 1.807) is 11.1 Å². The molecule has 1 heterocycles. The summed E-state index contributed by atoms with van der Waals surface area (Å²) in [7, 11) is 0. The van der Waals surface area contributed by atoms with Gasteiger partial charge in [0.05, 0.1) is 11.0 Å². The molecule has 0 saturated heterocycles. The van der Waals surface area contributed by atoms with Gasteiger partial charge >= 0.3 is 0 Å². The third-order valence-electron chi connectivity index (χ3n) is 15.0. The van der Waals surface area contributed by atoms with Crippen LogP contribution < -0.4 is 4.90 Å². The quantitative estimate of drug-likeness (QED) is 0.170. The average Bonchev–Trinajstić information content (AvgIpc) is 3.76. The predicted octanol–water partition coefficient (Wildman–Crippen LogP) is 14.8. The first-order valence-electron chi connectivity index (χ1n) is 21.4. The number of nitrogens with zero attached hydrogens (tertiary/aromatic N) is 2. The zero-order valence-electron chi connectivity index (χ0n) is 32.6. The average molecular weight is 745 g/mol. The number of benzene rings is 8. The van der Waals surface area contributed by atoms with Crippen molar-refractivity contribution in [3.8, 4) is 27.9 Å². The Bertz CT molecular complexity index is 2990. The van der Waals surface area contributed by atoms with E-state index < -0.39 is 0 Å². The number of rotatable bonds is 5. The molecule has 0 aliphatic heterocycles. The molecule has 0 atom stereocenters. The minimum absolute atomic E-state index is 0.161. The minimum Gasteiger partial charge on any atom is -0.310 e. The van der Waals surface area contributed by atoms with Gasteiger partial charge in [0, 0.05) is 38.9 Å². The number of aromatic nitrogens is 1. The van der Waals surface area contributed by atoms with E-state index in [1.165, 1.54) is 98.3 Å². The minimum atomic E-state index is 0.161. The maximum atomic E-state index is 2.55. The molecule has 1 spiro atoms. The second-order valence-electron chi connectivity index (χ2n) is 17.8. The largest absolute Gasteiger partial charge is 0.310 e. The maximum absolute atomic E-state index is 2.55. The topological polar surface area (TPSA) is 8.17 Å². The van der Waals surface area contributed by atoms with E-state index >= 15 is 0 Å². The SMILES string of the molecule is c1ccc2c(c1)-c1cc(N(c3ccc(-c4ccc5ccccc5c4)cc3)c3ccc(-n4c5ccccc5c5ccccc54)cc3)ccc1C21C2CC3CC(C2)CC1C3. The lowest BCUT2D eigenvalue weighted by molar-refractivity contribution is -0.0399. The molecule has 2 nitrogen and oxygen atoms in total. The molecule has 5 aliphatic rings. The highest BCUT2D eigenvalue weighted by molar-refractivity contribution is 6.09. The summed E-state index contributed by atoms with van der Waals surface area (Å²) in [5.74, 6) is 3.37. The van der Waals surface area contributed by atoms with E-state index in [0.717, 1.165) is 35.0 Å². The molecular weight excluding hydrogens is 701 g/mol. The Labute approximate surface area is 340 Å². The highest BCUT2D eigenvalue weighted by atomic mass is 15.1. The highest BCUT2D eigenvalue weighted by Crippen LogP contribution is 2.69. The fourth-order valence-corrected chi connectivity index (χ4v) is 12.9. The lowest BCUT2D eigenvalue weighted by Crippen LogP contribution is -2.55. The Morgan fingerprint density at radius 2 is 0.966 bits per heavy atom. The van der Waals surface area contributed by atoms with Crippen molar-refractivity contribution in [2.75, 3.05) is 4.90 Å². The van der Waals surface area contributed by atoms with E-state index in [9.17, 15) is 0 Å². The van der Waals surface area contributed by atoms with Gasteiger partial charge in [-0.05, 0) is 167 Å². The van der Waals surface area contributed by atoms with Crippen molar-refractivity contribution >= 4 is 49.6 Å². The van der Waals surface area contributed by atoms with Crippen LogP contribution in [-0.4, -0.2) is 4.57 Å². The van der Waals surface area contributed by atoms with Gasteiger partial charge in [0.2, 0.25) is 0 Å². The first kappa shape index (κ1) is 32.7. The zero-order valence-corrected chi connectivity index (χ0v) is 32.6. The summed E-state index contributed by atoms with van der Waals surface area (Å²) >= 11 is 0. The lowest BCUT2D eigenvalue weighted by Gasteiger charge is -2.61. The molecule has 4 fully saturated rings. The van der Waals surface area contributed by atoms with Crippen LogP contribution in [0.5, 0.6) is 0 Å². The summed E-state index contributed by atoms with van der Waals surface area (Å²) in [5, 5.41) is 5.10. The zero-order chi connectivity index (χ0) is 38.0. The van der Waals surface area contributed by atoms with Crippen LogP contribution in [0.1, 0.15) is 43.2 Å². The maximum Gasteiger partial charge on any atom is 0.0541 e. The molecule has 58 heavy (non-hydrogen) atoms. The number of para-hydroxylation sites is 2. The summed E-state index contributed by atoms with van der Waals surface area (Å²) in [6, 6.07) is 68.4. The number of hydrogen-bond acceptors (Lipinski definition) is 1. The Morgan fingerprint density at radius 1 is 0.414 bits per heavy atom. The van der Waals surface area contributed by atoms with Crippen molar-refractivity contribution in [2.45, 2.75) is 37.5 Å². The van der Waals surface area contributed by atoms with Crippen LogP contribution in [0.3, 0.4) is 0 Å². The van der Waals surface area contributed by atoms with Gasteiger partial charge in [-0.15, -0.1) is 0 Å². The van der Waals surface area contributed by atoms with Gasteiger partial charge in [0.1, 0.15) is 0 Å². The molecule has 0 amide bonds. The van der Waals surface area contributed by atoms with E-state index in [4.69, 9.17) is 0 Å². The fourth-order valence-electron chi connectivity index (χ4n) is 12.9. The van der Waals surface area contributed by atoms with Gasteiger partial charge in [-0.1, -0.05) is 115 Å². The second kappa shape index (κ2) is 12.3. The Balaban J connectivity index is 0.957. The van der Waals surface area contributed by atoms with Crippen LogP contribution in [0.15, 0.2) is 182 Å². The smallest absolute Gasteiger partial charge is 0.0541 e. The van der Waals surface area contributed by atoms with Gasteiger partial charge < -0.3 is 9.47 Å². The molecule has 9 aromatic rings. The van der Waals surface area contributed by atoms with Crippen LogP contribution in [0.4, 0.5) is 17.1 Å². The van der Waals surface area contributed by atoms with Gasteiger partial charge in [-0.25, -0.2) is 0 Å². The molecule has 1 aromatic heterocycles. The van der Waals surface area contributed by atoms with E-state index in [1.807, 2.05) is 0 Å². The highest BCUT2D eigenvalue weighted by Gasteiger charge is 2.61. The molecule has 0 unspecified atom stereocenters. The van der Waals surface area contributed by atoms with Gasteiger partial charge in [-0.3, -0.25) is 0 Å². The van der Waals surface area contributed by atoms with E-state index in [2.05, 4.69) is 191 Å². The second-order valence-corrected chi connectivity index (χ2v) is 17.8. The molecule has 2 heteroatoms. The van der Waals surface area contributed by atoms with Gasteiger partial charge in [0.15, 0.2) is 0 Å². The van der Waals surface area contributed by atoms with Crippen LogP contribution in [0.25, 0.3) is 60.5 Å². The third-order valence-corrected chi connectivity index (χ3v) is 15.0. The van der Waals surface area contributed by atoms with E-state index in [-0.39, 0.29) is 5.41 Å². The fraction of sp³-hybridized carbons (Fsp3) is 0.179. The van der Waals surface area contributed by atoms with Crippen molar-refractivity contribution in [1.82, 2.24) is 4.57 Å². The Morgan fingerprint density at radius 3 is 1.67 bits per heavy atom. The van der Waals surface area contributed by atoms with Crippen LogP contribution >= 0.6 is 0 Å². The molecule has 4 bridgehead atoms. The van der Waals surface area contributed by atoms with Crippen molar-refractivity contribution < 1.29 is 0 Å². The molecular formula is C56H44N2. The first-order valence-corrected chi connectivity index (χ1v) is 21.4. The van der Waals surface area contributed by atoms with Crippen molar-refractivity contribution in [3.05, 3.63) is 193 Å². The summed E-state index contributed by atoms with van der Waals surface area (Å²) < 4.78 is 2.41. The Kier molecular flexibility index (Phi) is 6.94. The molecule has 4 saturated carbocycles. The third kappa shape index (κ3) is 4.60. The number of anilines is 3. The molecule has 5 aliphatic carbocycles. The number of hydrogen-bond donors (Lipinski definition) is 0. The Hall–Kier alpha value is -6.38. The van der Waals surface area contributed by atoms with Crippen LogP contribution in [0, 0.1) is 23.7 Å². The standard InChI is InChI=1S/C56H44N2/c1-2-10-40-34-41(18-17-38(40)9-1)39-19-21-44(22-20-39)57(45-23-25-46(26-24-45)58-54-15-7-4-12-49(54)50-13-5-8-16-55(50)58)47-27-28-53-51(35-47)48-11-3-6-14-52(48)56(53)42-30-36-29-37(32-42)33-43(56)31-36/h1-28,34-37,42-43H,29-33H2. The van der Waals surface area contributed by atoms with Crippen LogP contribution in [0.2, 0.25) is 0 Å². The van der Waals surface area contributed by atoms with Crippen molar-refractivity contribution in [3.63, 3.8) is 0 Å². The van der Waals surface area contributed by atoms with Crippen LogP contribution in [-0.2, 0) is 5.41 Å². The lowest BCUT2D eigenvalue weighted by atomic mass is 9.43. The molecule has 14 rings (SSSR count). The van der Waals surface area contributed by atoms with Crippen molar-refractivity contribution in [1.29, 1.82) is 0 Å². The number of fused-ring (bicyclic) bond motifs is 7.